The molecule has 1 aliphatic rings. The van der Waals surface area contributed by atoms with E-state index in [4.69, 9.17) is 0 Å². The highest BCUT2D eigenvalue weighted by molar-refractivity contribution is 7.12. The first-order chi connectivity index (χ1) is 8.33. The summed E-state index contributed by atoms with van der Waals surface area (Å²) in [7, 11) is 0. The summed E-state index contributed by atoms with van der Waals surface area (Å²) in [6, 6.07) is 3.35. The van der Waals surface area contributed by atoms with Crippen LogP contribution in [0.2, 0.25) is 0 Å². The van der Waals surface area contributed by atoms with Gasteiger partial charge in [0.25, 0.3) is 5.91 Å². The molecule has 1 fully saturated rings. The van der Waals surface area contributed by atoms with Gasteiger partial charge < -0.3 is 10.0 Å². The fourth-order valence-corrected chi connectivity index (χ4v) is 2.61. The summed E-state index contributed by atoms with van der Waals surface area (Å²) in [5, 5.41) is 11.2. The van der Waals surface area contributed by atoms with Crippen molar-refractivity contribution >= 4 is 17.2 Å². The number of likely N-dealkylation sites (tertiary alicyclic amines) is 1. The first kappa shape index (κ1) is 13.4. The number of alkyl halides is 3. The molecule has 0 aliphatic carbocycles. The van der Waals surface area contributed by atoms with E-state index in [0.29, 0.717) is 4.88 Å². The zero-order chi connectivity index (χ0) is 13.4. The van der Waals surface area contributed by atoms with E-state index in [1.807, 2.05) is 0 Å². The quantitative estimate of drug-likeness (QED) is 0.856. The fourth-order valence-electron chi connectivity index (χ4n) is 1.92. The minimum Gasteiger partial charge on any atom is -0.380 e. The summed E-state index contributed by atoms with van der Waals surface area (Å²) in [5.74, 6) is -0.269. The van der Waals surface area contributed by atoms with Gasteiger partial charge in [-0.25, -0.2) is 0 Å². The lowest BCUT2D eigenvalue weighted by Crippen LogP contribution is -2.54. The topological polar surface area (TPSA) is 40.5 Å². The Morgan fingerprint density at radius 2 is 2.00 bits per heavy atom. The van der Waals surface area contributed by atoms with Crippen LogP contribution in [0.4, 0.5) is 13.2 Å². The molecule has 2 heterocycles. The summed E-state index contributed by atoms with van der Waals surface area (Å²) in [6.45, 7) is -0.153. The van der Waals surface area contributed by atoms with E-state index in [-0.39, 0.29) is 19.0 Å². The molecule has 1 N–H and O–H groups in total. The lowest BCUT2D eigenvalue weighted by molar-refractivity contribution is -0.271. The predicted molar refractivity (Wildman–Crippen MR) is 60.5 cm³/mol. The highest BCUT2D eigenvalue weighted by Gasteiger charge is 2.54. The maximum absolute atomic E-state index is 12.6. The third-order valence-electron chi connectivity index (χ3n) is 3.14. The molecular weight excluding hydrogens is 267 g/mol. The van der Waals surface area contributed by atoms with E-state index >= 15 is 0 Å². The molecule has 2 rings (SSSR count). The van der Waals surface area contributed by atoms with Gasteiger partial charge in [0.2, 0.25) is 0 Å². The Balaban J connectivity index is 2.01. The summed E-state index contributed by atoms with van der Waals surface area (Å²) >= 11 is 1.25. The molecule has 0 radical (unpaired) electrons. The minimum absolute atomic E-state index is 0.0766. The lowest BCUT2D eigenvalue weighted by atomic mass is 9.91. The van der Waals surface area contributed by atoms with Crippen molar-refractivity contribution in [3.05, 3.63) is 22.4 Å². The van der Waals surface area contributed by atoms with Gasteiger partial charge in [0.05, 0.1) is 4.88 Å². The van der Waals surface area contributed by atoms with Gasteiger partial charge in [-0.15, -0.1) is 11.3 Å². The summed E-state index contributed by atoms with van der Waals surface area (Å²) in [6.07, 6.45) is -5.56. The average Bonchev–Trinajstić information content (AvgIpc) is 2.81. The number of halogens is 3. The van der Waals surface area contributed by atoms with Crippen molar-refractivity contribution in [2.75, 3.05) is 13.1 Å². The molecule has 0 spiro atoms. The van der Waals surface area contributed by atoms with Crippen LogP contribution in [0.1, 0.15) is 22.5 Å². The van der Waals surface area contributed by atoms with Crippen LogP contribution in [0.25, 0.3) is 0 Å². The smallest absolute Gasteiger partial charge is 0.380 e. The third kappa shape index (κ3) is 2.37. The van der Waals surface area contributed by atoms with Crippen molar-refractivity contribution in [1.82, 2.24) is 4.90 Å². The van der Waals surface area contributed by atoms with Crippen LogP contribution < -0.4 is 0 Å². The summed E-state index contributed by atoms with van der Waals surface area (Å²) in [4.78, 5) is 13.8. The van der Waals surface area contributed by atoms with Gasteiger partial charge in [-0.05, 0) is 11.4 Å². The summed E-state index contributed by atoms with van der Waals surface area (Å²) in [5.41, 5.74) is -2.65. The summed E-state index contributed by atoms with van der Waals surface area (Å²) < 4.78 is 37.7. The molecule has 18 heavy (non-hydrogen) atoms. The number of amides is 1. The number of carbonyl (C=O) groups is 1. The molecule has 1 aromatic heterocycles. The Morgan fingerprint density at radius 3 is 2.44 bits per heavy atom. The van der Waals surface area contributed by atoms with Crippen LogP contribution in [-0.2, 0) is 0 Å². The van der Waals surface area contributed by atoms with Gasteiger partial charge >= 0.3 is 6.18 Å². The minimum atomic E-state index is -4.63. The Morgan fingerprint density at radius 1 is 1.39 bits per heavy atom. The van der Waals surface area contributed by atoms with E-state index in [1.54, 1.807) is 17.5 Å². The Kier molecular flexibility index (Phi) is 3.37. The van der Waals surface area contributed by atoms with Crippen molar-refractivity contribution in [1.29, 1.82) is 0 Å². The van der Waals surface area contributed by atoms with Crippen molar-refractivity contribution in [3.63, 3.8) is 0 Å². The highest BCUT2D eigenvalue weighted by Crippen LogP contribution is 2.38. The largest absolute Gasteiger partial charge is 0.417 e. The SMILES string of the molecule is O=C(c1cccs1)N1CCC(O)(C(F)(F)F)CC1. The number of aliphatic hydroxyl groups is 1. The lowest BCUT2D eigenvalue weighted by Gasteiger charge is -2.38. The molecule has 1 aromatic rings. The van der Waals surface area contributed by atoms with Gasteiger partial charge in [0, 0.05) is 25.9 Å². The molecule has 3 nitrogen and oxygen atoms in total. The van der Waals surface area contributed by atoms with Crippen LogP contribution >= 0.6 is 11.3 Å². The normalized spacial score (nSPS) is 19.9. The second kappa shape index (κ2) is 4.55. The van der Waals surface area contributed by atoms with E-state index in [0.717, 1.165) is 0 Å². The molecule has 7 heteroatoms. The molecule has 0 saturated carbocycles. The number of hydrogen-bond donors (Lipinski definition) is 1. The third-order valence-corrected chi connectivity index (χ3v) is 4.00. The van der Waals surface area contributed by atoms with Crippen LogP contribution in [-0.4, -0.2) is 40.8 Å². The number of thiophene rings is 1. The molecule has 0 aromatic carbocycles. The second-order valence-corrected chi connectivity index (χ2v) is 5.25. The molecule has 100 valence electrons. The molecular formula is C11H12F3NO2S. The number of hydrogen-bond acceptors (Lipinski definition) is 3. The molecule has 0 atom stereocenters. The zero-order valence-corrected chi connectivity index (χ0v) is 10.2. The molecule has 1 saturated heterocycles. The first-order valence-corrected chi connectivity index (χ1v) is 6.33. The van der Waals surface area contributed by atoms with Crippen LogP contribution in [0.3, 0.4) is 0 Å². The van der Waals surface area contributed by atoms with Crippen LogP contribution in [0.15, 0.2) is 17.5 Å². The standard InChI is InChI=1S/C11H12F3NO2S/c12-11(13,14)10(17)3-5-15(6-4-10)9(16)8-2-1-7-18-8/h1-2,7,17H,3-6H2. The second-order valence-electron chi connectivity index (χ2n) is 4.30. The van der Waals surface area contributed by atoms with Crippen molar-refractivity contribution < 1.29 is 23.1 Å². The van der Waals surface area contributed by atoms with Gasteiger partial charge in [-0.1, -0.05) is 6.07 Å². The first-order valence-electron chi connectivity index (χ1n) is 5.45. The predicted octanol–water partition coefficient (Wildman–Crippen LogP) is 2.28. The molecule has 0 bridgehead atoms. The highest BCUT2D eigenvalue weighted by atomic mass is 32.1. The van der Waals surface area contributed by atoms with Gasteiger partial charge in [-0.3, -0.25) is 4.79 Å². The maximum atomic E-state index is 12.6. The van der Waals surface area contributed by atoms with Crippen LogP contribution in [0.5, 0.6) is 0 Å². The number of rotatable bonds is 1. The van der Waals surface area contributed by atoms with Gasteiger partial charge in [0.1, 0.15) is 0 Å². The molecule has 0 unspecified atom stereocenters. The Hall–Kier alpha value is -1.08. The zero-order valence-electron chi connectivity index (χ0n) is 9.41. The average molecular weight is 279 g/mol. The Labute approximate surface area is 106 Å². The van der Waals surface area contributed by atoms with Crippen molar-refractivity contribution in [2.45, 2.75) is 24.6 Å². The van der Waals surface area contributed by atoms with Gasteiger partial charge in [0.15, 0.2) is 5.60 Å². The van der Waals surface area contributed by atoms with E-state index in [1.165, 1.54) is 16.2 Å². The van der Waals surface area contributed by atoms with Gasteiger partial charge in [-0.2, -0.15) is 13.2 Å². The van der Waals surface area contributed by atoms with Crippen molar-refractivity contribution in [3.8, 4) is 0 Å². The van der Waals surface area contributed by atoms with E-state index in [9.17, 15) is 23.1 Å². The Bertz CT molecular complexity index is 422. The van der Waals surface area contributed by atoms with E-state index in [2.05, 4.69) is 0 Å². The number of carbonyl (C=O) groups excluding carboxylic acids is 1. The number of piperidine rings is 1. The number of nitrogens with zero attached hydrogens (tertiary/aromatic N) is 1. The monoisotopic (exact) mass is 279 g/mol. The maximum Gasteiger partial charge on any atom is 0.417 e. The van der Waals surface area contributed by atoms with E-state index < -0.39 is 24.6 Å². The van der Waals surface area contributed by atoms with Crippen molar-refractivity contribution in [2.24, 2.45) is 0 Å². The van der Waals surface area contributed by atoms with Crippen LogP contribution in [0, 0.1) is 0 Å². The fraction of sp³-hybridized carbons (Fsp3) is 0.545. The molecule has 1 amide bonds. The molecule has 1 aliphatic heterocycles.